The number of rotatable bonds is 5. The van der Waals surface area contributed by atoms with E-state index < -0.39 is 0 Å². The summed E-state index contributed by atoms with van der Waals surface area (Å²) >= 11 is 0. The minimum Gasteiger partial charge on any atom is -0.309 e. The van der Waals surface area contributed by atoms with Gasteiger partial charge in [0, 0.05) is 43.9 Å². The minimum absolute atomic E-state index is 0.790. The molecule has 0 spiro atoms. The summed E-state index contributed by atoms with van der Waals surface area (Å²) in [4.78, 5) is 11.2. The average Bonchev–Trinajstić information content (AvgIpc) is 3.75. The maximum Gasteiger partial charge on any atom is 0.165 e. The van der Waals surface area contributed by atoms with Crippen molar-refractivity contribution in [3.05, 3.63) is 194 Å². The van der Waals surface area contributed by atoms with Crippen LogP contribution in [0.5, 0.6) is 0 Å². The van der Waals surface area contributed by atoms with Gasteiger partial charge in [0.25, 0.3) is 0 Å². The van der Waals surface area contributed by atoms with Gasteiger partial charge in [0.2, 0.25) is 0 Å². The molecule has 0 saturated heterocycles. The van der Waals surface area contributed by atoms with E-state index >= 15 is 0 Å². The van der Waals surface area contributed by atoms with Gasteiger partial charge in [-0.15, -0.1) is 0 Å². The second-order valence-electron chi connectivity index (χ2n) is 13.8. The highest BCUT2D eigenvalue weighted by molar-refractivity contribution is 6.25. The normalized spacial score (nSPS) is 11.7. The predicted molar refractivity (Wildman–Crippen MR) is 225 cm³/mol. The van der Waals surface area contributed by atoms with Gasteiger partial charge in [-0.25, -0.2) is 9.97 Å². The summed E-state index contributed by atoms with van der Waals surface area (Å²) in [6.45, 7) is 0. The fraction of sp³-hybridized carbons (Fsp3) is 0. The second-order valence-corrected chi connectivity index (χ2v) is 13.8. The first-order valence-corrected chi connectivity index (χ1v) is 18.3. The van der Waals surface area contributed by atoms with Gasteiger partial charge in [0.15, 0.2) is 5.82 Å². The predicted octanol–water partition coefficient (Wildman–Crippen LogP) is 12.8. The fourth-order valence-electron chi connectivity index (χ4n) is 8.30. The Kier molecular flexibility index (Phi) is 6.82. The van der Waals surface area contributed by atoms with Gasteiger partial charge in [-0.3, -0.25) is 4.57 Å². The lowest BCUT2D eigenvalue weighted by molar-refractivity contribution is 1.05. The highest BCUT2D eigenvalue weighted by Crippen LogP contribution is 2.43. The second kappa shape index (κ2) is 12.1. The number of nitrogens with zero attached hydrogens (tertiary/aromatic N) is 4. The lowest BCUT2D eigenvalue weighted by atomic mass is 10.0. The number of fused-ring (bicyclic) bond motifs is 8. The van der Waals surface area contributed by atoms with E-state index in [1.807, 2.05) is 12.1 Å². The van der Waals surface area contributed by atoms with Crippen LogP contribution in [0, 0.1) is 0 Å². The quantitative estimate of drug-likeness (QED) is 0.180. The van der Waals surface area contributed by atoms with E-state index in [1.165, 1.54) is 37.8 Å². The van der Waals surface area contributed by atoms with Crippen LogP contribution in [0.15, 0.2) is 194 Å². The number of benzene rings is 8. The maximum atomic E-state index is 5.68. The van der Waals surface area contributed by atoms with E-state index in [1.54, 1.807) is 0 Å². The van der Waals surface area contributed by atoms with Gasteiger partial charge >= 0.3 is 0 Å². The Labute approximate surface area is 311 Å². The molecule has 252 valence electrons. The zero-order chi connectivity index (χ0) is 35.6. The molecule has 0 fully saturated rings. The summed E-state index contributed by atoms with van der Waals surface area (Å²) in [5.74, 6) is 0.790. The Morgan fingerprint density at radius 2 is 0.852 bits per heavy atom. The molecule has 0 amide bonds. The van der Waals surface area contributed by atoms with Crippen molar-refractivity contribution < 1.29 is 0 Å². The summed E-state index contributed by atoms with van der Waals surface area (Å²) in [5.41, 5.74) is 11.2. The summed E-state index contributed by atoms with van der Waals surface area (Å²) in [7, 11) is 0. The van der Waals surface area contributed by atoms with Crippen molar-refractivity contribution in [2.45, 2.75) is 0 Å². The van der Waals surface area contributed by atoms with Crippen molar-refractivity contribution in [2.24, 2.45) is 0 Å². The molecule has 0 N–H and O–H groups in total. The number of hydrogen-bond acceptors (Lipinski definition) is 2. The first-order chi connectivity index (χ1) is 26.8. The highest BCUT2D eigenvalue weighted by atomic mass is 15.1. The molecule has 0 radical (unpaired) electrons. The van der Waals surface area contributed by atoms with Gasteiger partial charge in [0.1, 0.15) is 5.69 Å². The zero-order valence-electron chi connectivity index (χ0n) is 29.3. The summed E-state index contributed by atoms with van der Waals surface area (Å²) < 4.78 is 4.75. The molecule has 3 aromatic heterocycles. The molecule has 11 aromatic rings. The molecule has 4 heteroatoms. The van der Waals surface area contributed by atoms with Crippen LogP contribution in [-0.4, -0.2) is 19.1 Å². The van der Waals surface area contributed by atoms with Crippen molar-refractivity contribution in [3.63, 3.8) is 0 Å². The lowest BCUT2D eigenvalue weighted by Gasteiger charge is -2.18. The molecule has 4 nitrogen and oxygen atoms in total. The third-order valence-electron chi connectivity index (χ3n) is 10.7. The Balaban J connectivity index is 1.32. The minimum atomic E-state index is 0.790. The summed E-state index contributed by atoms with van der Waals surface area (Å²) in [5, 5.41) is 7.30. The SMILES string of the molecule is c1ccc(-c2nc(-c3ccccc3)c(-n3c4ccccc4c4cc5c6c7ccccc7ccc6n(-c6ccccc6)c5cc43)nc2-c2ccccc2)cc1. The Hall–Kier alpha value is -7.30. The van der Waals surface area contributed by atoms with E-state index in [4.69, 9.17) is 9.97 Å². The molecule has 54 heavy (non-hydrogen) atoms. The van der Waals surface area contributed by atoms with Gasteiger partial charge < -0.3 is 4.57 Å². The molecular weight excluding hydrogens is 657 g/mol. The van der Waals surface area contributed by atoms with Gasteiger partial charge in [-0.05, 0) is 47.2 Å². The lowest BCUT2D eigenvalue weighted by Crippen LogP contribution is -2.06. The highest BCUT2D eigenvalue weighted by Gasteiger charge is 2.24. The van der Waals surface area contributed by atoms with Gasteiger partial charge in [-0.1, -0.05) is 158 Å². The first-order valence-electron chi connectivity index (χ1n) is 18.3. The van der Waals surface area contributed by atoms with Crippen molar-refractivity contribution in [3.8, 4) is 45.3 Å². The van der Waals surface area contributed by atoms with E-state index in [-0.39, 0.29) is 0 Å². The largest absolute Gasteiger partial charge is 0.309 e. The Bertz CT molecular complexity index is 3180. The molecule has 0 atom stereocenters. The number of aromatic nitrogens is 4. The van der Waals surface area contributed by atoms with Crippen LogP contribution in [0.4, 0.5) is 0 Å². The number of hydrogen-bond donors (Lipinski definition) is 0. The molecule has 0 saturated carbocycles. The Morgan fingerprint density at radius 1 is 0.315 bits per heavy atom. The smallest absolute Gasteiger partial charge is 0.165 e. The van der Waals surface area contributed by atoms with Crippen molar-refractivity contribution >= 4 is 54.4 Å². The van der Waals surface area contributed by atoms with Crippen LogP contribution < -0.4 is 0 Å². The molecule has 0 unspecified atom stereocenters. The maximum absolute atomic E-state index is 5.68. The number of para-hydroxylation sites is 2. The van der Waals surface area contributed by atoms with E-state index in [0.29, 0.717) is 0 Å². The monoisotopic (exact) mass is 688 g/mol. The van der Waals surface area contributed by atoms with Crippen LogP contribution in [0.25, 0.3) is 99.7 Å². The standard InChI is InChI=1S/C50H32N4/c1-5-18-34(19-6-1)47-48(35-20-7-2-8-21-35)52-50(49(51-47)36-22-9-3-10-23-36)54-42-28-16-15-27-39(42)40-31-41-45(32-44(40)54)53(37-24-11-4-12-25-37)43-30-29-33-17-13-14-26-38(33)46(41)43/h1-32H. The molecule has 3 heterocycles. The summed E-state index contributed by atoms with van der Waals surface area (Å²) in [6.07, 6.45) is 0. The molecule has 0 aliphatic heterocycles. The molecule has 0 aliphatic carbocycles. The molecule has 0 aliphatic rings. The van der Waals surface area contributed by atoms with Crippen LogP contribution in [0.2, 0.25) is 0 Å². The average molecular weight is 689 g/mol. The van der Waals surface area contributed by atoms with Crippen molar-refractivity contribution in [2.75, 3.05) is 0 Å². The molecule has 11 rings (SSSR count). The third kappa shape index (κ3) is 4.64. The molecule has 0 bridgehead atoms. The van der Waals surface area contributed by atoms with Crippen LogP contribution in [0.1, 0.15) is 0 Å². The van der Waals surface area contributed by atoms with Crippen molar-refractivity contribution in [1.29, 1.82) is 0 Å². The van der Waals surface area contributed by atoms with Gasteiger partial charge in [-0.2, -0.15) is 0 Å². The Morgan fingerprint density at radius 3 is 1.54 bits per heavy atom. The topological polar surface area (TPSA) is 35.6 Å². The van der Waals surface area contributed by atoms with Crippen molar-refractivity contribution in [1.82, 2.24) is 19.1 Å². The third-order valence-corrected chi connectivity index (χ3v) is 10.7. The fourth-order valence-corrected chi connectivity index (χ4v) is 8.30. The molecular formula is C50H32N4. The van der Waals surface area contributed by atoms with Gasteiger partial charge in [0.05, 0.1) is 33.5 Å². The van der Waals surface area contributed by atoms with E-state index in [9.17, 15) is 0 Å². The van der Waals surface area contributed by atoms with Crippen LogP contribution >= 0.6 is 0 Å². The first kappa shape index (κ1) is 30.3. The van der Waals surface area contributed by atoms with E-state index in [2.05, 4.69) is 191 Å². The molecule has 8 aromatic carbocycles. The zero-order valence-corrected chi connectivity index (χ0v) is 29.3. The van der Waals surface area contributed by atoms with Crippen LogP contribution in [-0.2, 0) is 0 Å². The summed E-state index contributed by atoms with van der Waals surface area (Å²) in [6, 6.07) is 68.7. The van der Waals surface area contributed by atoms with E-state index in [0.717, 1.165) is 61.8 Å². The van der Waals surface area contributed by atoms with Crippen LogP contribution in [0.3, 0.4) is 0 Å².